The molecule has 166 valence electrons. The van der Waals surface area contributed by atoms with E-state index >= 15 is 0 Å². The van der Waals surface area contributed by atoms with E-state index in [0.29, 0.717) is 12.3 Å². The third kappa shape index (κ3) is 3.98. The first-order valence-electron chi connectivity index (χ1n) is 10.8. The van der Waals surface area contributed by atoms with E-state index < -0.39 is 11.6 Å². The summed E-state index contributed by atoms with van der Waals surface area (Å²) in [6, 6.07) is 5.61. The molecule has 0 amide bonds. The number of halogens is 2. The Morgan fingerprint density at radius 1 is 1.22 bits per heavy atom. The molecule has 1 aromatic carbocycles. The second kappa shape index (κ2) is 8.77. The molecule has 2 aromatic heterocycles. The number of rotatable bonds is 5. The van der Waals surface area contributed by atoms with Crippen LogP contribution in [0.4, 0.5) is 8.78 Å². The van der Waals surface area contributed by atoms with Gasteiger partial charge in [-0.2, -0.15) is 0 Å². The third-order valence-corrected chi connectivity index (χ3v) is 7.34. The average molecular weight is 456 g/mol. The number of thiazole rings is 1. The van der Waals surface area contributed by atoms with Crippen LogP contribution in [-0.2, 0) is 11.2 Å². The quantitative estimate of drug-likeness (QED) is 0.556. The molecule has 8 heteroatoms. The van der Waals surface area contributed by atoms with Gasteiger partial charge in [0.25, 0.3) is 0 Å². The summed E-state index contributed by atoms with van der Waals surface area (Å²) in [4.78, 5) is 21.4. The molecule has 2 fully saturated rings. The molecule has 3 heterocycles. The Morgan fingerprint density at radius 3 is 2.84 bits per heavy atom. The Morgan fingerprint density at radius 2 is 2.03 bits per heavy atom. The summed E-state index contributed by atoms with van der Waals surface area (Å²) in [6.45, 7) is 0. The molecule has 0 radical (unpaired) electrons. The van der Waals surface area contributed by atoms with Gasteiger partial charge in [0, 0.05) is 36.2 Å². The molecule has 2 aliphatic rings. The highest BCUT2D eigenvalue weighted by molar-refractivity contribution is 7.13. The lowest BCUT2D eigenvalue weighted by atomic mass is 9.85. The normalized spacial score (nSPS) is 25.0. The fourth-order valence-electron chi connectivity index (χ4n) is 4.88. The van der Waals surface area contributed by atoms with Crippen molar-refractivity contribution in [2.75, 3.05) is 0 Å². The fraction of sp³-hybridized carbons (Fsp3) is 0.375. The van der Waals surface area contributed by atoms with Gasteiger partial charge in [-0.25, -0.2) is 13.8 Å². The minimum atomic E-state index is -0.705. The minimum Gasteiger partial charge on any atom is -0.370 e. The molecular formula is C24H23F2N3O2S. The van der Waals surface area contributed by atoms with Crippen LogP contribution < -0.4 is 5.73 Å². The molecule has 2 N–H and O–H groups in total. The topological polar surface area (TPSA) is 78.1 Å². The second-order valence-corrected chi connectivity index (χ2v) is 9.32. The summed E-state index contributed by atoms with van der Waals surface area (Å²) in [7, 11) is 0. The minimum absolute atomic E-state index is 0.0785. The van der Waals surface area contributed by atoms with Gasteiger partial charge in [-0.05, 0) is 48.6 Å². The predicted molar refractivity (Wildman–Crippen MR) is 117 cm³/mol. The zero-order valence-electron chi connectivity index (χ0n) is 17.3. The zero-order valence-corrected chi connectivity index (χ0v) is 18.2. The van der Waals surface area contributed by atoms with Crippen molar-refractivity contribution in [2.45, 2.75) is 50.4 Å². The molecule has 1 saturated carbocycles. The molecule has 1 saturated heterocycles. The van der Waals surface area contributed by atoms with E-state index in [1.807, 2.05) is 6.07 Å². The summed E-state index contributed by atoms with van der Waals surface area (Å²) >= 11 is 1.04. The van der Waals surface area contributed by atoms with Crippen LogP contribution in [0.25, 0.3) is 10.6 Å². The number of hydrogen-bond donors (Lipinski definition) is 1. The van der Waals surface area contributed by atoms with Crippen LogP contribution in [0.5, 0.6) is 0 Å². The maximum atomic E-state index is 14.1. The van der Waals surface area contributed by atoms with Gasteiger partial charge in [0.2, 0.25) is 0 Å². The standard InChI is InChI=1S/C24H23F2N3O2S/c25-16-4-2-5-17(26)23(16)24-29-19(12-32-24)20(30)9-13-11-28-8-7-14(13)22-10-18(27)15-3-1-6-21(15)31-22/h2,4-5,7-8,11-12,15,18,21-22H,1,3,6,9-10,27H2/t15-,18-,21-,22-/m1/s1. The van der Waals surface area contributed by atoms with Gasteiger partial charge in [0.15, 0.2) is 5.78 Å². The van der Waals surface area contributed by atoms with Crippen LogP contribution in [0.15, 0.2) is 42.0 Å². The first-order valence-corrected chi connectivity index (χ1v) is 11.7. The molecule has 0 spiro atoms. The maximum Gasteiger partial charge on any atom is 0.186 e. The molecular weight excluding hydrogens is 432 g/mol. The maximum absolute atomic E-state index is 14.1. The molecule has 5 rings (SSSR count). The molecule has 4 atom stereocenters. The van der Waals surface area contributed by atoms with E-state index in [-0.39, 0.29) is 46.7 Å². The van der Waals surface area contributed by atoms with Crippen molar-refractivity contribution < 1.29 is 18.3 Å². The molecule has 32 heavy (non-hydrogen) atoms. The van der Waals surface area contributed by atoms with Crippen LogP contribution in [0.3, 0.4) is 0 Å². The van der Waals surface area contributed by atoms with Gasteiger partial charge in [0.05, 0.1) is 17.8 Å². The van der Waals surface area contributed by atoms with Gasteiger partial charge in [-0.3, -0.25) is 9.78 Å². The first kappa shape index (κ1) is 21.3. The summed E-state index contributed by atoms with van der Waals surface area (Å²) in [5.41, 5.74) is 8.09. The molecule has 0 unspecified atom stereocenters. The molecule has 1 aliphatic heterocycles. The van der Waals surface area contributed by atoms with Crippen LogP contribution in [-0.4, -0.2) is 27.9 Å². The van der Waals surface area contributed by atoms with Gasteiger partial charge in [0.1, 0.15) is 22.3 Å². The van der Waals surface area contributed by atoms with Crippen molar-refractivity contribution in [3.05, 3.63) is 70.5 Å². The lowest BCUT2D eigenvalue weighted by Gasteiger charge is -2.38. The summed E-state index contributed by atoms with van der Waals surface area (Å²) in [6.07, 6.45) is 7.40. The van der Waals surface area contributed by atoms with Gasteiger partial charge in [-0.1, -0.05) is 12.5 Å². The van der Waals surface area contributed by atoms with E-state index in [1.165, 1.54) is 23.6 Å². The number of ketones is 1. The third-order valence-electron chi connectivity index (χ3n) is 6.48. The number of hydrogen-bond acceptors (Lipinski definition) is 6. The lowest BCUT2D eigenvalue weighted by molar-refractivity contribution is -0.0806. The SMILES string of the molecule is N[C@@H]1C[C@H](c2ccncc2CC(=O)c2csc(-c3c(F)cccc3F)n2)O[C@@H]2CCC[C@H]12. The highest BCUT2D eigenvalue weighted by atomic mass is 32.1. The first-order chi connectivity index (χ1) is 15.5. The number of carbonyl (C=O) groups excluding carboxylic acids is 1. The van der Waals surface area contributed by atoms with Crippen LogP contribution in [0.1, 0.15) is 53.4 Å². The number of pyridine rings is 1. The summed E-state index contributed by atoms with van der Waals surface area (Å²) in [5.74, 6) is -1.24. The Labute approximate surface area is 188 Å². The van der Waals surface area contributed by atoms with Crippen molar-refractivity contribution in [3.8, 4) is 10.6 Å². The Bertz CT molecular complexity index is 1130. The number of aromatic nitrogens is 2. The molecule has 5 nitrogen and oxygen atoms in total. The van der Waals surface area contributed by atoms with Crippen molar-refractivity contribution in [3.63, 3.8) is 0 Å². The monoisotopic (exact) mass is 455 g/mol. The number of carbonyl (C=O) groups is 1. The molecule has 3 aromatic rings. The summed E-state index contributed by atoms with van der Waals surface area (Å²) in [5, 5.41) is 1.68. The van der Waals surface area contributed by atoms with Gasteiger partial charge in [-0.15, -0.1) is 11.3 Å². The summed E-state index contributed by atoms with van der Waals surface area (Å²) < 4.78 is 34.5. The van der Waals surface area contributed by atoms with E-state index in [9.17, 15) is 13.6 Å². The second-order valence-electron chi connectivity index (χ2n) is 8.47. The van der Waals surface area contributed by atoms with E-state index in [2.05, 4.69) is 9.97 Å². The van der Waals surface area contributed by atoms with E-state index in [4.69, 9.17) is 10.5 Å². The highest BCUT2D eigenvalue weighted by Gasteiger charge is 2.40. The predicted octanol–water partition coefficient (Wildman–Crippen LogP) is 4.87. The van der Waals surface area contributed by atoms with Gasteiger partial charge >= 0.3 is 0 Å². The number of fused-ring (bicyclic) bond motifs is 1. The number of nitrogens with zero attached hydrogens (tertiary/aromatic N) is 2. The highest BCUT2D eigenvalue weighted by Crippen LogP contribution is 2.42. The van der Waals surface area contributed by atoms with Crippen molar-refractivity contribution in [1.82, 2.24) is 9.97 Å². The number of benzene rings is 1. The Kier molecular flexibility index (Phi) is 5.84. The molecule has 0 bridgehead atoms. The van der Waals surface area contributed by atoms with E-state index in [0.717, 1.165) is 41.7 Å². The van der Waals surface area contributed by atoms with E-state index in [1.54, 1.807) is 12.4 Å². The molecule has 1 aliphatic carbocycles. The Hall–Kier alpha value is -2.55. The van der Waals surface area contributed by atoms with Crippen LogP contribution >= 0.6 is 11.3 Å². The zero-order chi connectivity index (χ0) is 22.2. The van der Waals surface area contributed by atoms with Crippen molar-refractivity contribution >= 4 is 17.1 Å². The fourth-order valence-corrected chi connectivity index (χ4v) is 5.76. The Balaban J connectivity index is 1.37. The smallest absolute Gasteiger partial charge is 0.186 e. The number of Topliss-reactive ketones (excluding diaryl/α,β-unsaturated/α-hetero) is 1. The number of ether oxygens (including phenoxy) is 1. The lowest BCUT2D eigenvalue weighted by Crippen LogP contribution is -2.43. The number of nitrogens with two attached hydrogens (primary N) is 1. The average Bonchev–Trinajstić information content (AvgIpc) is 3.44. The van der Waals surface area contributed by atoms with Gasteiger partial charge < -0.3 is 10.5 Å². The largest absolute Gasteiger partial charge is 0.370 e. The van der Waals surface area contributed by atoms with Crippen molar-refractivity contribution in [1.29, 1.82) is 0 Å². The van der Waals surface area contributed by atoms with Crippen LogP contribution in [0, 0.1) is 17.6 Å². The van der Waals surface area contributed by atoms with Crippen molar-refractivity contribution in [2.24, 2.45) is 11.7 Å². The van der Waals surface area contributed by atoms with Crippen LogP contribution in [0.2, 0.25) is 0 Å².